The molecule has 0 bridgehead atoms. The van der Waals surface area contributed by atoms with Crippen LogP contribution in [-0.4, -0.2) is 79.8 Å². The number of hydrogen-bond acceptors (Lipinski definition) is 7. The predicted molar refractivity (Wildman–Crippen MR) is 216 cm³/mol. The second-order valence-corrected chi connectivity index (χ2v) is 18.1. The summed E-state index contributed by atoms with van der Waals surface area (Å²) in [5, 5.41) is 24.1. The van der Waals surface area contributed by atoms with Gasteiger partial charge in [0.25, 0.3) is 7.82 Å². The SMILES string of the molecule is CCCCCCCCCCCCCCCCCCC(O)C(=O)N[C@@H](COP(=O)([O-])OCC[N+](C)(C)C)[C@H](O)/C=C/CCCCCCCCCC(C)C. The maximum Gasteiger partial charge on any atom is 0.268 e. The fourth-order valence-electron chi connectivity index (χ4n) is 6.23. The Labute approximate surface area is 321 Å². The number of amides is 1. The van der Waals surface area contributed by atoms with Gasteiger partial charge in [-0.25, -0.2) is 0 Å². The molecule has 1 amide bonds. The number of unbranched alkanes of at least 4 members (excludes halogenated alkanes) is 22. The van der Waals surface area contributed by atoms with Crippen molar-refractivity contribution in [2.24, 2.45) is 5.92 Å². The van der Waals surface area contributed by atoms with E-state index in [2.05, 4.69) is 26.1 Å². The molecule has 3 N–H and O–H groups in total. The molecule has 52 heavy (non-hydrogen) atoms. The number of quaternary nitrogens is 1. The fraction of sp³-hybridized carbons (Fsp3) is 0.929. The first-order chi connectivity index (χ1) is 24.8. The molecule has 0 radical (unpaired) electrons. The van der Waals surface area contributed by atoms with Gasteiger partial charge in [0.15, 0.2) is 0 Å². The Morgan fingerprint density at radius 1 is 0.712 bits per heavy atom. The van der Waals surface area contributed by atoms with Crippen molar-refractivity contribution in [3.8, 4) is 0 Å². The number of aliphatic hydroxyl groups is 2. The van der Waals surface area contributed by atoms with E-state index in [4.69, 9.17) is 9.05 Å². The molecular weight excluding hydrogens is 675 g/mol. The summed E-state index contributed by atoms with van der Waals surface area (Å²) in [7, 11) is 1.12. The van der Waals surface area contributed by atoms with Crippen LogP contribution in [0.2, 0.25) is 0 Å². The molecule has 2 unspecified atom stereocenters. The average Bonchev–Trinajstić information content (AvgIpc) is 3.07. The van der Waals surface area contributed by atoms with Crippen LogP contribution in [0.25, 0.3) is 0 Å². The molecule has 0 saturated carbocycles. The number of allylic oxidation sites excluding steroid dienone is 1. The first kappa shape index (κ1) is 51.2. The smallest absolute Gasteiger partial charge is 0.268 e. The maximum atomic E-state index is 12.9. The van der Waals surface area contributed by atoms with Crippen molar-refractivity contribution in [1.82, 2.24) is 5.32 Å². The largest absolute Gasteiger partial charge is 0.756 e. The number of likely N-dealkylation sites (N-methyl/N-ethyl adjacent to an activating group) is 1. The summed E-state index contributed by atoms with van der Waals surface area (Å²) in [6, 6.07) is -1.06. The van der Waals surface area contributed by atoms with Crippen LogP contribution in [0, 0.1) is 5.92 Å². The molecule has 0 heterocycles. The van der Waals surface area contributed by atoms with Crippen molar-refractivity contribution >= 4 is 13.7 Å². The molecule has 0 spiro atoms. The van der Waals surface area contributed by atoms with Crippen molar-refractivity contribution in [3.63, 3.8) is 0 Å². The van der Waals surface area contributed by atoms with Crippen LogP contribution < -0.4 is 10.2 Å². The minimum atomic E-state index is -4.66. The lowest BCUT2D eigenvalue weighted by Crippen LogP contribution is -2.49. The zero-order chi connectivity index (χ0) is 38.9. The molecule has 0 aromatic rings. The second-order valence-electron chi connectivity index (χ2n) is 16.7. The highest BCUT2D eigenvalue weighted by Gasteiger charge is 2.25. The van der Waals surface area contributed by atoms with Crippen LogP contribution in [0.5, 0.6) is 0 Å². The number of carbonyl (C=O) groups is 1. The Kier molecular flexibility index (Phi) is 33.0. The first-order valence-electron chi connectivity index (χ1n) is 21.5. The van der Waals surface area contributed by atoms with E-state index >= 15 is 0 Å². The Bertz CT molecular complexity index is 896. The van der Waals surface area contributed by atoms with E-state index in [-0.39, 0.29) is 6.61 Å². The Hall–Kier alpha value is -0.800. The zero-order valence-electron chi connectivity index (χ0n) is 34.8. The highest BCUT2D eigenvalue weighted by Crippen LogP contribution is 2.38. The summed E-state index contributed by atoms with van der Waals surface area (Å²) in [5.74, 6) is 0.137. The van der Waals surface area contributed by atoms with Gasteiger partial charge in [-0.15, -0.1) is 0 Å². The molecule has 9 nitrogen and oxygen atoms in total. The molecule has 4 atom stereocenters. The van der Waals surface area contributed by atoms with Gasteiger partial charge in [0, 0.05) is 0 Å². The van der Waals surface area contributed by atoms with Gasteiger partial charge in [-0.3, -0.25) is 9.36 Å². The van der Waals surface area contributed by atoms with Crippen molar-refractivity contribution in [3.05, 3.63) is 12.2 Å². The van der Waals surface area contributed by atoms with Crippen molar-refractivity contribution in [2.75, 3.05) is 40.9 Å². The molecule has 0 aromatic carbocycles. The fourth-order valence-corrected chi connectivity index (χ4v) is 6.95. The number of aliphatic hydroxyl groups excluding tert-OH is 2. The summed E-state index contributed by atoms with van der Waals surface area (Å²) < 4.78 is 23.1. The number of carbonyl (C=O) groups excluding carboxylic acids is 1. The third-order valence-corrected chi connectivity index (χ3v) is 10.7. The summed E-state index contributed by atoms with van der Waals surface area (Å²) in [6.07, 6.45) is 31.9. The highest BCUT2D eigenvalue weighted by molar-refractivity contribution is 7.45. The van der Waals surface area contributed by atoms with Crippen LogP contribution in [-0.2, 0) is 18.4 Å². The summed E-state index contributed by atoms with van der Waals surface area (Å²) in [4.78, 5) is 25.3. The van der Waals surface area contributed by atoms with E-state index in [0.29, 0.717) is 17.4 Å². The van der Waals surface area contributed by atoms with Crippen molar-refractivity contribution < 1.29 is 38.0 Å². The van der Waals surface area contributed by atoms with E-state index in [9.17, 15) is 24.5 Å². The van der Waals surface area contributed by atoms with Crippen LogP contribution in [0.1, 0.15) is 188 Å². The molecule has 0 aliphatic carbocycles. The zero-order valence-corrected chi connectivity index (χ0v) is 35.7. The third kappa shape index (κ3) is 34.9. The van der Waals surface area contributed by atoms with Gasteiger partial charge in [0.05, 0.1) is 39.9 Å². The monoisotopic (exact) mass is 761 g/mol. The number of rotatable bonds is 38. The Balaban J connectivity index is 4.54. The number of nitrogens with zero attached hydrogens (tertiary/aromatic N) is 1. The summed E-state index contributed by atoms with van der Waals surface area (Å²) in [6.45, 7) is 6.73. The lowest BCUT2D eigenvalue weighted by molar-refractivity contribution is -0.870. The van der Waals surface area contributed by atoms with E-state index in [1.165, 1.54) is 122 Å². The Morgan fingerprint density at radius 2 is 1.15 bits per heavy atom. The minimum Gasteiger partial charge on any atom is -0.756 e. The molecule has 310 valence electrons. The molecule has 0 rings (SSSR count). The van der Waals surface area contributed by atoms with E-state index in [1.54, 1.807) is 6.08 Å². The van der Waals surface area contributed by atoms with E-state index in [0.717, 1.165) is 44.4 Å². The second kappa shape index (κ2) is 33.5. The van der Waals surface area contributed by atoms with Gasteiger partial charge in [-0.2, -0.15) is 0 Å². The third-order valence-electron chi connectivity index (χ3n) is 9.78. The van der Waals surface area contributed by atoms with Crippen LogP contribution >= 0.6 is 7.82 Å². The molecule has 0 aliphatic rings. The number of hydrogen-bond donors (Lipinski definition) is 3. The average molecular weight is 761 g/mol. The topological polar surface area (TPSA) is 128 Å². The maximum absolute atomic E-state index is 12.9. The van der Waals surface area contributed by atoms with Gasteiger partial charge in [0.1, 0.15) is 19.3 Å². The van der Waals surface area contributed by atoms with E-state index in [1.807, 2.05) is 27.2 Å². The van der Waals surface area contributed by atoms with Crippen molar-refractivity contribution in [1.29, 1.82) is 0 Å². The molecular formula is C42H85N2O7P. The van der Waals surface area contributed by atoms with Gasteiger partial charge < -0.3 is 34.0 Å². The molecule has 0 aromatic heterocycles. The van der Waals surface area contributed by atoms with Gasteiger partial charge >= 0.3 is 0 Å². The molecule has 0 fully saturated rings. The van der Waals surface area contributed by atoms with Gasteiger partial charge in [0.2, 0.25) is 5.91 Å². The normalized spacial score (nSPS) is 15.3. The standard InChI is InChI=1S/C42H85N2O7P/c1-7-8-9-10-11-12-13-14-15-16-17-18-21-25-28-31-34-41(46)42(47)43-39(37-51-52(48,49)50-36-35-44(4,5)6)40(45)33-30-27-24-22-19-20-23-26-29-32-38(2)3/h30,33,38-41,45-46H,7-29,31-32,34-37H2,1-6H3,(H-,43,47,48,49)/b33-30+/t39-,40+,41?/m0/s1. The number of phosphoric acid groups is 1. The Morgan fingerprint density at radius 3 is 1.62 bits per heavy atom. The molecule has 0 saturated heterocycles. The first-order valence-corrected chi connectivity index (χ1v) is 23.0. The van der Waals surface area contributed by atoms with Crippen LogP contribution in [0.3, 0.4) is 0 Å². The molecule has 10 heteroatoms. The van der Waals surface area contributed by atoms with Crippen LogP contribution in [0.4, 0.5) is 0 Å². The number of phosphoric ester groups is 1. The predicted octanol–water partition coefficient (Wildman–Crippen LogP) is 9.78. The highest BCUT2D eigenvalue weighted by atomic mass is 31.2. The lowest BCUT2D eigenvalue weighted by Gasteiger charge is -2.29. The van der Waals surface area contributed by atoms with Crippen molar-refractivity contribution in [2.45, 2.75) is 206 Å². The van der Waals surface area contributed by atoms with Gasteiger partial charge in [-0.1, -0.05) is 181 Å². The van der Waals surface area contributed by atoms with Gasteiger partial charge in [-0.05, 0) is 25.2 Å². The number of nitrogens with one attached hydrogen (secondary N) is 1. The summed E-state index contributed by atoms with van der Waals surface area (Å²) in [5.41, 5.74) is 0. The summed E-state index contributed by atoms with van der Waals surface area (Å²) >= 11 is 0. The van der Waals surface area contributed by atoms with Crippen LogP contribution in [0.15, 0.2) is 12.2 Å². The minimum absolute atomic E-state index is 0.0419. The lowest BCUT2D eigenvalue weighted by atomic mass is 10.0. The quantitative estimate of drug-likeness (QED) is 0.0247. The molecule has 0 aliphatic heterocycles. The van der Waals surface area contributed by atoms with E-state index < -0.39 is 38.6 Å².